The Kier molecular flexibility index (Phi) is 12.5. The molecular formula is C23H27FNNaO6. The van der Waals surface area contributed by atoms with Gasteiger partial charge in [-0.05, 0) is 67.9 Å². The summed E-state index contributed by atoms with van der Waals surface area (Å²) in [7, 11) is 0. The molecule has 0 spiro atoms. The third-order valence-corrected chi connectivity index (χ3v) is 5.25. The van der Waals surface area contributed by atoms with Crippen molar-refractivity contribution in [1.29, 1.82) is 0 Å². The largest absolute Gasteiger partial charge is 1.00 e. The number of carboxylic acids is 1. The van der Waals surface area contributed by atoms with Crippen LogP contribution >= 0.6 is 0 Å². The quantitative estimate of drug-likeness (QED) is 0.515. The van der Waals surface area contributed by atoms with Crippen LogP contribution in [0.5, 0.6) is 0 Å². The zero-order valence-electron chi connectivity index (χ0n) is 18.2. The van der Waals surface area contributed by atoms with Crippen LogP contribution < -0.4 is 39.6 Å². The predicted octanol–water partition coefficient (Wildman–Crippen LogP) is -0.147. The van der Waals surface area contributed by atoms with Gasteiger partial charge >= 0.3 is 35.7 Å². The molecule has 7 nitrogen and oxygen atoms in total. The summed E-state index contributed by atoms with van der Waals surface area (Å²) in [6.45, 7) is 0.304. The van der Waals surface area contributed by atoms with Gasteiger partial charge < -0.3 is 24.9 Å². The average molecular weight is 455 g/mol. The van der Waals surface area contributed by atoms with Gasteiger partial charge in [0.2, 0.25) is 0 Å². The van der Waals surface area contributed by atoms with Gasteiger partial charge in [-0.2, -0.15) is 0 Å². The van der Waals surface area contributed by atoms with Crippen molar-refractivity contribution in [3.05, 3.63) is 60.4 Å². The molecule has 32 heavy (non-hydrogen) atoms. The van der Waals surface area contributed by atoms with Gasteiger partial charge in [0.25, 0.3) is 0 Å². The molecule has 0 aliphatic heterocycles. The smallest absolute Gasteiger partial charge is 0.548 e. The summed E-state index contributed by atoms with van der Waals surface area (Å²) in [6, 6.07) is 14.8. The summed E-state index contributed by atoms with van der Waals surface area (Å²) >= 11 is 0. The molecule has 1 aliphatic carbocycles. The number of anilines is 2. The summed E-state index contributed by atoms with van der Waals surface area (Å²) in [5, 5.41) is 10.4. The normalized spacial score (nSPS) is 17.4. The van der Waals surface area contributed by atoms with E-state index in [4.69, 9.17) is 9.47 Å². The standard InChI is InChI=1S/C23H26FNO5.Na.H2O/c24-19-5-4-8-21(13-19)25(20-6-2-1-3-7-20)23(28)30-15-18-11-9-17(10-12-18)14-29-16-22(26)27;;/h1-8,13,17-18H,9-12,14-16H2,(H,26,27);;1H2/q;+1;/p-1. The van der Waals surface area contributed by atoms with Crippen LogP contribution in [-0.2, 0) is 14.3 Å². The third-order valence-electron chi connectivity index (χ3n) is 5.25. The molecule has 9 heteroatoms. The molecule has 3 rings (SSSR count). The number of rotatable bonds is 8. The number of hydrogen-bond acceptors (Lipinski definition) is 5. The number of aliphatic carboxylic acids is 1. The number of carbonyl (C=O) groups is 2. The number of amides is 1. The molecule has 0 heterocycles. The second-order valence-corrected chi connectivity index (χ2v) is 7.50. The van der Waals surface area contributed by atoms with Crippen LogP contribution in [-0.4, -0.2) is 37.4 Å². The number of carbonyl (C=O) groups excluding carboxylic acids is 2. The number of para-hydroxylation sites is 1. The molecule has 0 atom stereocenters. The third kappa shape index (κ3) is 8.52. The summed E-state index contributed by atoms with van der Waals surface area (Å²) in [6.07, 6.45) is 2.98. The minimum atomic E-state index is -1.21. The van der Waals surface area contributed by atoms with Crippen molar-refractivity contribution < 1.29 is 63.6 Å². The molecule has 1 fully saturated rings. The van der Waals surface area contributed by atoms with Crippen LogP contribution in [0.2, 0.25) is 0 Å². The molecule has 1 amide bonds. The zero-order valence-corrected chi connectivity index (χ0v) is 20.2. The van der Waals surface area contributed by atoms with E-state index in [1.54, 1.807) is 36.4 Å². The molecule has 2 N–H and O–H groups in total. The molecule has 1 aliphatic rings. The van der Waals surface area contributed by atoms with Crippen molar-refractivity contribution in [3.63, 3.8) is 0 Å². The Hall–Kier alpha value is -1.97. The molecule has 0 unspecified atom stereocenters. The molecule has 0 saturated heterocycles. The number of ether oxygens (including phenoxy) is 2. The summed E-state index contributed by atoms with van der Waals surface area (Å²) in [5.74, 6) is -1.10. The Morgan fingerprint density at radius 3 is 2.12 bits per heavy atom. The SMILES string of the molecule is O.O=C([O-])COCC1CCC(COC(=O)N(c2ccccc2)c2cccc(F)c2)CC1.[Na+]. The van der Waals surface area contributed by atoms with Gasteiger partial charge in [-0.15, -0.1) is 0 Å². The van der Waals surface area contributed by atoms with Gasteiger partial charge in [0.15, 0.2) is 0 Å². The Morgan fingerprint density at radius 2 is 1.53 bits per heavy atom. The maximum absolute atomic E-state index is 13.7. The number of halogens is 1. The monoisotopic (exact) mass is 455 g/mol. The Balaban J connectivity index is 0.00000256. The van der Waals surface area contributed by atoms with Crippen LogP contribution in [0, 0.1) is 17.7 Å². The van der Waals surface area contributed by atoms with Crippen molar-refractivity contribution in [2.75, 3.05) is 24.7 Å². The van der Waals surface area contributed by atoms with E-state index < -0.39 is 17.9 Å². The van der Waals surface area contributed by atoms with Gasteiger partial charge in [0.1, 0.15) is 5.82 Å². The molecule has 0 bridgehead atoms. The van der Waals surface area contributed by atoms with Crippen LogP contribution in [0.3, 0.4) is 0 Å². The van der Waals surface area contributed by atoms with E-state index in [9.17, 15) is 19.1 Å². The Labute approximate surface area is 209 Å². The molecule has 0 aromatic heterocycles. The van der Waals surface area contributed by atoms with Crippen molar-refractivity contribution in [2.24, 2.45) is 11.8 Å². The molecule has 1 saturated carbocycles. The van der Waals surface area contributed by atoms with Crippen LogP contribution in [0.25, 0.3) is 0 Å². The first-order valence-corrected chi connectivity index (χ1v) is 10.1. The minimum Gasteiger partial charge on any atom is -0.548 e. The van der Waals surface area contributed by atoms with E-state index in [1.165, 1.54) is 17.0 Å². The number of benzene rings is 2. The van der Waals surface area contributed by atoms with Crippen molar-refractivity contribution in [2.45, 2.75) is 25.7 Å². The first-order valence-electron chi connectivity index (χ1n) is 10.1. The Bertz CT molecular complexity index is 845. The molecule has 0 radical (unpaired) electrons. The van der Waals surface area contributed by atoms with Gasteiger partial charge in [-0.1, -0.05) is 24.3 Å². The van der Waals surface area contributed by atoms with E-state index >= 15 is 0 Å². The van der Waals surface area contributed by atoms with Gasteiger partial charge in [0.05, 0.1) is 30.6 Å². The predicted molar refractivity (Wildman–Crippen MR) is 111 cm³/mol. The van der Waals surface area contributed by atoms with Crippen LogP contribution in [0.1, 0.15) is 25.7 Å². The first-order chi connectivity index (χ1) is 14.5. The fraction of sp³-hybridized carbons (Fsp3) is 0.391. The number of carboxylic acid groups (broad SMARTS) is 1. The Morgan fingerprint density at radius 1 is 0.938 bits per heavy atom. The fourth-order valence-electron chi connectivity index (χ4n) is 3.68. The molecule has 2 aromatic carbocycles. The van der Waals surface area contributed by atoms with Crippen molar-refractivity contribution in [3.8, 4) is 0 Å². The number of hydrogen-bond donors (Lipinski definition) is 0. The summed E-state index contributed by atoms with van der Waals surface area (Å²) < 4.78 is 24.4. The topological polar surface area (TPSA) is 110 Å². The van der Waals surface area contributed by atoms with Crippen molar-refractivity contribution in [1.82, 2.24) is 0 Å². The molecule has 2 aromatic rings. The van der Waals surface area contributed by atoms with E-state index in [-0.39, 0.29) is 54.2 Å². The molecular weight excluding hydrogens is 428 g/mol. The van der Waals surface area contributed by atoms with Gasteiger partial charge in [-0.25, -0.2) is 14.1 Å². The van der Waals surface area contributed by atoms with Gasteiger partial charge in [-0.3, -0.25) is 0 Å². The van der Waals surface area contributed by atoms with Crippen LogP contribution in [0.4, 0.5) is 20.6 Å². The van der Waals surface area contributed by atoms with E-state index in [0.717, 1.165) is 25.7 Å². The van der Waals surface area contributed by atoms with E-state index in [2.05, 4.69) is 0 Å². The molecule has 168 valence electrons. The maximum Gasteiger partial charge on any atom is 1.00 e. The second-order valence-electron chi connectivity index (χ2n) is 7.50. The van der Waals surface area contributed by atoms with E-state index in [0.29, 0.717) is 23.9 Å². The van der Waals surface area contributed by atoms with E-state index in [1.807, 2.05) is 6.07 Å². The summed E-state index contributed by atoms with van der Waals surface area (Å²) in [4.78, 5) is 24.6. The fourth-order valence-corrected chi connectivity index (χ4v) is 3.68. The van der Waals surface area contributed by atoms with Crippen LogP contribution in [0.15, 0.2) is 54.6 Å². The maximum atomic E-state index is 13.7. The van der Waals surface area contributed by atoms with Gasteiger partial charge in [0, 0.05) is 6.61 Å². The first kappa shape index (κ1) is 28.1. The zero-order chi connectivity index (χ0) is 21.3. The number of nitrogens with zero attached hydrogens (tertiary/aromatic N) is 1. The minimum absolute atomic E-state index is 0. The van der Waals surface area contributed by atoms with Crippen molar-refractivity contribution >= 4 is 23.4 Å². The average Bonchev–Trinajstić information content (AvgIpc) is 2.74. The second kappa shape index (κ2) is 14.2. The summed E-state index contributed by atoms with van der Waals surface area (Å²) in [5.41, 5.74) is 1.00.